The van der Waals surface area contributed by atoms with Crippen molar-refractivity contribution in [2.24, 2.45) is 0 Å². The van der Waals surface area contributed by atoms with E-state index in [4.69, 9.17) is 17.7 Å². The van der Waals surface area contributed by atoms with Gasteiger partial charge in [-0.05, 0) is 147 Å². The number of pyridine rings is 4. The molecule has 0 atom stereocenters. The minimum absolute atomic E-state index is 0.514. The number of H-pyrrole nitrogens is 2. The summed E-state index contributed by atoms with van der Waals surface area (Å²) in [5.41, 5.74) is 16.8. The first-order valence-corrected chi connectivity index (χ1v) is 27.2. The molecule has 2 aliphatic rings. The number of benzene rings is 4. The molecule has 16 nitrogen and oxygen atoms in total. The first-order chi connectivity index (χ1) is 38.1. The van der Waals surface area contributed by atoms with Gasteiger partial charge in [0.25, 0.3) is 0 Å². The van der Waals surface area contributed by atoms with Gasteiger partial charge >= 0.3 is 29.6 Å². The van der Waals surface area contributed by atoms with Gasteiger partial charge in [-0.1, -0.05) is 48.5 Å². The Morgan fingerprint density at radius 2 is 0.797 bits per heavy atom. The summed E-state index contributed by atoms with van der Waals surface area (Å²) in [7, 11) is 14.8. The average Bonchev–Trinajstić information content (AvgIpc) is 4.33. The summed E-state index contributed by atoms with van der Waals surface area (Å²) in [6.45, 7) is 2.03. The van der Waals surface area contributed by atoms with E-state index in [9.17, 15) is 0 Å². The maximum atomic E-state index is 8.80. The molecular formula is C60H66BBrMnN12O4. The summed E-state index contributed by atoms with van der Waals surface area (Å²) in [5, 5.41) is 26.4. The topological polar surface area (TPSA) is 195 Å². The van der Waals surface area contributed by atoms with Crippen LogP contribution in [0, 0.1) is 0 Å². The predicted molar refractivity (Wildman–Crippen MR) is 324 cm³/mol. The standard InChI is InChI=1S/C15H17N3.2C15H15N3.C8H12BNO2.C7H7BrN2.Mn.2O/c3*1-18(2)14-5-3-11(4-6-14)13-9-12-7-8-16-15(12)17-10-13;1-10(2)8-5-3-7(4-6-8)9(11)12;8-6-3-5-1-2-9-7(5)10-4-6;;;/h3-6,9-10H,7-8H2,1-2H3,(H,16,17);2*3-10H,1-2H3,(H,16,17);3-6,11-12H,1-2H3;3-4H,1-2H2,(H,9,10);;;. The van der Waals surface area contributed by atoms with Crippen LogP contribution in [0.2, 0.25) is 0 Å². The minimum atomic E-state index is -1.44. The molecule has 407 valence electrons. The molecule has 0 amide bonds. The molecule has 0 radical (unpaired) electrons. The van der Waals surface area contributed by atoms with Crippen LogP contribution in [0.5, 0.6) is 0 Å². The first kappa shape index (κ1) is 58.6. The van der Waals surface area contributed by atoms with Crippen LogP contribution in [-0.2, 0) is 35.3 Å². The van der Waals surface area contributed by atoms with Crippen molar-refractivity contribution in [3.63, 3.8) is 0 Å². The van der Waals surface area contributed by atoms with Gasteiger partial charge in [-0.25, -0.2) is 19.9 Å². The Morgan fingerprint density at radius 3 is 1.18 bits per heavy atom. The van der Waals surface area contributed by atoms with Crippen molar-refractivity contribution in [1.29, 1.82) is 0 Å². The molecule has 0 aliphatic carbocycles. The van der Waals surface area contributed by atoms with Crippen LogP contribution in [-0.4, -0.2) is 117 Å². The van der Waals surface area contributed by atoms with Crippen molar-refractivity contribution >= 4 is 85.0 Å². The van der Waals surface area contributed by atoms with E-state index in [0.717, 1.165) is 80.9 Å². The van der Waals surface area contributed by atoms with E-state index in [1.165, 1.54) is 50.4 Å². The van der Waals surface area contributed by atoms with Gasteiger partial charge in [-0.2, -0.15) is 0 Å². The fourth-order valence-corrected chi connectivity index (χ4v) is 8.85. The molecule has 8 heterocycles. The molecular weight excluding hydrogens is 1100 g/mol. The first-order valence-electron chi connectivity index (χ1n) is 25.4. The zero-order valence-electron chi connectivity index (χ0n) is 45.6. The number of fused-ring (bicyclic) bond motifs is 4. The van der Waals surface area contributed by atoms with Crippen LogP contribution in [0.1, 0.15) is 11.1 Å². The summed E-state index contributed by atoms with van der Waals surface area (Å²) in [5.74, 6) is 2.09. The Bertz CT molecular complexity index is 3400. The zero-order valence-corrected chi connectivity index (χ0v) is 48.4. The number of rotatable bonds is 8. The van der Waals surface area contributed by atoms with Crippen LogP contribution < -0.4 is 35.7 Å². The molecule has 79 heavy (non-hydrogen) atoms. The average molecular weight is 1160 g/mol. The van der Waals surface area contributed by atoms with Gasteiger partial charge in [0.15, 0.2) is 0 Å². The van der Waals surface area contributed by atoms with Gasteiger partial charge in [0, 0.05) is 161 Å². The Labute approximate surface area is 476 Å². The van der Waals surface area contributed by atoms with Gasteiger partial charge in [0.2, 0.25) is 0 Å². The third-order valence-electron chi connectivity index (χ3n) is 12.9. The Morgan fingerprint density at radius 1 is 0.456 bits per heavy atom. The molecule has 6 N–H and O–H groups in total. The van der Waals surface area contributed by atoms with Gasteiger partial charge in [-0.15, -0.1) is 0 Å². The number of halogens is 1. The summed E-state index contributed by atoms with van der Waals surface area (Å²) in [6.07, 6.45) is 13.6. The third-order valence-corrected chi connectivity index (χ3v) is 13.4. The van der Waals surface area contributed by atoms with Crippen molar-refractivity contribution < 1.29 is 32.5 Å². The fraction of sp³-hybridized carbons (Fsp3) is 0.200. The van der Waals surface area contributed by atoms with E-state index in [2.05, 4.69) is 182 Å². The molecule has 4 aromatic carbocycles. The van der Waals surface area contributed by atoms with Gasteiger partial charge in [0.05, 0.1) is 0 Å². The molecule has 0 saturated carbocycles. The fourth-order valence-electron chi connectivity index (χ4n) is 8.48. The van der Waals surface area contributed by atoms with Gasteiger partial charge in [0.1, 0.15) is 22.9 Å². The molecule has 10 aromatic rings. The summed E-state index contributed by atoms with van der Waals surface area (Å²) in [6, 6.07) is 45.4. The van der Waals surface area contributed by atoms with Crippen molar-refractivity contribution in [2.75, 3.05) is 99.7 Å². The molecule has 0 bridgehead atoms. The number of nitrogens with one attached hydrogen (secondary N) is 4. The molecule has 0 unspecified atom stereocenters. The summed E-state index contributed by atoms with van der Waals surface area (Å²) >= 11 is 1.94. The van der Waals surface area contributed by atoms with Crippen molar-refractivity contribution in [3.05, 3.63) is 186 Å². The van der Waals surface area contributed by atoms with Crippen molar-refractivity contribution in [2.45, 2.75) is 12.8 Å². The Balaban J connectivity index is 0.000000143. The van der Waals surface area contributed by atoms with Crippen molar-refractivity contribution in [1.82, 2.24) is 29.9 Å². The van der Waals surface area contributed by atoms with E-state index in [-0.39, 0.29) is 0 Å². The number of hydrogen-bond donors (Lipinski definition) is 6. The second-order valence-electron chi connectivity index (χ2n) is 19.3. The number of hydrogen-bond acceptors (Lipinski definition) is 14. The van der Waals surface area contributed by atoms with Crippen LogP contribution in [0.3, 0.4) is 0 Å². The SMILES string of the molecule is Brc1cnc2c(c1)CCN2.CN(C)c1ccc(-c2cnc3[nH]ccc3c2)cc1.CN(C)c1ccc(-c2cnc3[nH]ccc3c2)cc1.CN(C)c1ccc(-c2cnc3c(c2)CCN3)cc1.CN(C)c1ccc(B(O)O)cc1.[O]=[Mn]=[O]. The number of aromatic amines is 2. The normalized spacial score (nSPS) is 11.3. The Hall–Kier alpha value is -8.06. The summed E-state index contributed by atoms with van der Waals surface area (Å²) < 4.78 is 17.9. The second-order valence-corrected chi connectivity index (χ2v) is 20.4. The number of aromatic nitrogens is 6. The predicted octanol–water partition coefficient (Wildman–Crippen LogP) is 10.4. The molecule has 19 heteroatoms. The van der Waals surface area contributed by atoms with Crippen LogP contribution in [0.25, 0.3) is 55.4 Å². The van der Waals surface area contributed by atoms with E-state index in [1.54, 1.807) is 12.1 Å². The Kier molecular flexibility index (Phi) is 21.2. The molecule has 2 aliphatic heterocycles. The monoisotopic (exact) mass is 1160 g/mol. The molecule has 0 saturated heterocycles. The van der Waals surface area contributed by atoms with Gasteiger partial charge in [-0.3, -0.25) is 0 Å². The van der Waals surface area contributed by atoms with E-state index >= 15 is 0 Å². The summed E-state index contributed by atoms with van der Waals surface area (Å²) in [4.78, 5) is 31.9. The zero-order chi connectivity index (χ0) is 56.4. The number of anilines is 6. The maximum absolute atomic E-state index is 8.80. The van der Waals surface area contributed by atoms with Crippen LogP contribution >= 0.6 is 15.9 Å². The quantitative estimate of drug-likeness (QED) is 0.0787. The van der Waals surface area contributed by atoms with Crippen LogP contribution in [0.4, 0.5) is 34.4 Å². The van der Waals surface area contributed by atoms with E-state index in [1.807, 2.05) is 109 Å². The molecule has 12 rings (SSSR count). The van der Waals surface area contributed by atoms with E-state index in [0.29, 0.717) is 5.46 Å². The molecule has 0 spiro atoms. The van der Waals surface area contributed by atoms with Crippen molar-refractivity contribution in [3.8, 4) is 33.4 Å². The number of nitrogens with zero attached hydrogens (tertiary/aromatic N) is 8. The van der Waals surface area contributed by atoms with E-state index < -0.39 is 21.9 Å². The second kappa shape index (κ2) is 28.5. The van der Waals surface area contributed by atoms with Crippen LogP contribution in [0.15, 0.2) is 175 Å². The third kappa shape index (κ3) is 16.5. The molecule has 6 aromatic heterocycles. The molecule has 0 fully saturated rings. The van der Waals surface area contributed by atoms with Gasteiger partial charge < -0.3 is 50.2 Å².